The van der Waals surface area contributed by atoms with Crippen LogP contribution in [-0.4, -0.2) is 49.7 Å². The number of piperazine rings is 1. The summed E-state index contributed by atoms with van der Waals surface area (Å²) in [6.45, 7) is 4.68. The molecule has 0 spiro atoms. The molecule has 0 aliphatic carbocycles. The minimum atomic E-state index is -3.64. The van der Waals surface area contributed by atoms with Gasteiger partial charge in [-0.15, -0.1) is 0 Å². The predicted octanol–water partition coefficient (Wildman–Crippen LogP) is 2.26. The number of benzene rings is 1. The first kappa shape index (κ1) is 16.7. The summed E-state index contributed by atoms with van der Waals surface area (Å²) in [5.74, 6) is -0.0374. The third kappa shape index (κ3) is 3.41. The Morgan fingerprint density at radius 3 is 2.33 bits per heavy atom. The molecular formula is C13H16BrClN2O3S. The molecule has 1 heterocycles. The van der Waals surface area contributed by atoms with Crippen LogP contribution < -0.4 is 0 Å². The SMILES string of the molecule is CC(=O)N1CCN(S(=O)(=O)c2cc(C)c(Br)cc2Cl)CC1. The number of nitrogens with zero attached hydrogens (tertiary/aromatic N) is 2. The van der Waals surface area contributed by atoms with E-state index in [0.717, 1.165) is 10.0 Å². The van der Waals surface area contributed by atoms with Crippen molar-refractivity contribution in [3.8, 4) is 0 Å². The topological polar surface area (TPSA) is 57.7 Å². The zero-order valence-electron chi connectivity index (χ0n) is 11.8. The number of rotatable bonds is 2. The van der Waals surface area contributed by atoms with Crippen LogP contribution in [0.15, 0.2) is 21.5 Å². The summed E-state index contributed by atoms with van der Waals surface area (Å²) in [7, 11) is -3.64. The fourth-order valence-electron chi connectivity index (χ4n) is 2.21. The normalized spacial score (nSPS) is 17.0. The summed E-state index contributed by atoms with van der Waals surface area (Å²) in [4.78, 5) is 13.0. The smallest absolute Gasteiger partial charge is 0.244 e. The largest absolute Gasteiger partial charge is 0.340 e. The number of hydrogen-bond donors (Lipinski definition) is 0. The van der Waals surface area contributed by atoms with Gasteiger partial charge in [-0.1, -0.05) is 27.5 Å². The highest BCUT2D eigenvalue weighted by molar-refractivity contribution is 9.10. The van der Waals surface area contributed by atoms with Crippen LogP contribution in [0.1, 0.15) is 12.5 Å². The van der Waals surface area contributed by atoms with Gasteiger partial charge in [0.25, 0.3) is 0 Å². The highest BCUT2D eigenvalue weighted by Gasteiger charge is 2.31. The quantitative estimate of drug-likeness (QED) is 0.772. The monoisotopic (exact) mass is 394 g/mol. The van der Waals surface area contributed by atoms with Gasteiger partial charge in [0.15, 0.2) is 0 Å². The number of carbonyl (C=O) groups is 1. The molecule has 0 aromatic heterocycles. The van der Waals surface area contributed by atoms with Gasteiger partial charge in [-0.05, 0) is 24.6 Å². The number of carbonyl (C=O) groups excluding carboxylic acids is 1. The lowest BCUT2D eigenvalue weighted by Crippen LogP contribution is -2.49. The highest BCUT2D eigenvalue weighted by atomic mass is 79.9. The lowest BCUT2D eigenvalue weighted by atomic mass is 10.2. The predicted molar refractivity (Wildman–Crippen MR) is 84.9 cm³/mol. The Morgan fingerprint density at radius 2 is 1.81 bits per heavy atom. The van der Waals surface area contributed by atoms with Crippen molar-refractivity contribution in [2.24, 2.45) is 0 Å². The second kappa shape index (κ2) is 6.24. The van der Waals surface area contributed by atoms with Gasteiger partial charge in [0.05, 0.1) is 5.02 Å². The van der Waals surface area contributed by atoms with E-state index in [1.807, 2.05) is 6.92 Å². The molecule has 116 valence electrons. The third-order valence-corrected chi connectivity index (χ3v) is 6.73. The summed E-state index contributed by atoms with van der Waals surface area (Å²) in [5.41, 5.74) is 0.806. The molecule has 0 atom stereocenters. The van der Waals surface area contributed by atoms with Crippen molar-refractivity contribution < 1.29 is 13.2 Å². The Morgan fingerprint density at radius 1 is 1.24 bits per heavy atom. The van der Waals surface area contributed by atoms with Crippen LogP contribution in [-0.2, 0) is 14.8 Å². The number of aryl methyl sites for hydroxylation is 1. The molecule has 5 nitrogen and oxygen atoms in total. The van der Waals surface area contributed by atoms with Crippen molar-refractivity contribution in [3.63, 3.8) is 0 Å². The molecule has 1 aliphatic heterocycles. The number of amides is 1. The van der Waals surface area contributed by atoms with Crippen LogP contribution in [0.25, 0.3) is 0 Å². The second-order valence-corrected chi connectivity index (χ2v) is 8.11. The molecule has 1 amide bonds. The van der Waals surface area contributed by atoms with E-state index in [4.69, 9.17) is 11.6 Å². The average molecular weight is 396 g/mol. The van der Waals surface area contributed by atoms with Crippen LogP contribution in [0.4, 0.5) is 0 Å². The Kier molecular flexibility index (Phi) is 4.97. The fourth-order valence-corrected chi connectivity index (χ4v) is 4.70. The van der Waals surface area contributed by atoms with Crippen molar-refractivity contribution in [1.82, 2.24) is 9.21 Å². The minimum Gasteiger partial charge on any atom is -0.340 e. The first-order chi connectivity index (χ1) is 9.73. The highest BCUT2D eigenvalue weighted by Crippen LogP contribution is 2.30. The van der Waals surface area contributed by atoms with Gasteiger partial charge in [0.2, 0.25) is 15.9 Å². The van der Waals surface area contributed by atoms with E-state index in [2.05, 4.69) is 15.9 Å². The summed E-state index contributed by atoms with van der Waals surface area (Å²) >= 11 is 9.41. The standard InChI is InChI=1S/C13H16BrClN2O3S/c1-9-7-13(12(15)8-11(9)14)21(19,20)17-5-3-16(4-6-17)10(2)18/h7-8H,3-6H2,1-2H3. The van der Waals surface area contributed by atoms with E-state index < -0.39 is 10.0 Å². The van der Waals surface area contributed by atoms with Gasteiger partial charge in [0, 0.05) is 37.6 Å². The minimum absolute atomic E-state index is 0.0374. The molecule has 1 aromatic rings. The van der Waals surface area contributed by atoms with Crippen molar-refractivity contribution >= 4 is 43.5 Å². The first-order valence-electron chi connectivity index (χ1n) is 6.45. The maximum atomic E-state index is 12.7. The second-order valence-electron chi connectivity index (χ2n) is 4.94. The van der Waals surface area contributed by atoms with E-state index in [0.29, 0.717) is 13.1 Å². The van der Waals surface area contributed by atoms with E-state index in [9.17, 15) is 13.2 Å². The summed E-state index contributed by atoms with van der Waals surface area (Å²) < 4.78 is 27.5. The fraction of sp³-hybridized carbons (Fsp3) is 0.462. The van der Waals surface area contributed by atoms with Crippen molar-refractivity contribution in [3.05, 3.63) is 27.2 Å². The Balaban J connectivity index is 2.28. The van der Waals surface area contributed by atoms with Crippen molar-refractivity contribution in [2.45, 2.75) is 18.7 Å². The van der Waals surface area contributed by atoms with Crippen LogP contribution >= 0.6 is 27.5 Å². The Hall–Kier alpha value is -0.630. The molecule has 0 saturated carbocycles. The third-order valence-electron chi connectivity index (χ3n) is 3.51. The van der Waals surface area contributed by atoms with E-state index in [1.54, 1.807) is 17.0 Å². The van der Waals surface area contributed by atoms with Gasteiger partial charge in [-0.2, -0.15) is 4.31 Å². The number of sulfonamides is 1. The lowest BCUT2D eigenvalue weighted by Gasteiger charge is -2.33. The molecule has 21 heavy (non-hydrogen) atoms. The van der Waals surface area contributed by atoms with Gasteiger partial charge < -0.3 is 4.90 Å². The Labute approximate surface area is 138 Å². The molecule has 8 heteroatoms. The molecular weight excluding hydrogens is 380 g/mol. The van der Waals surface area contributed by atoms with Crippen LogP contribution in [0.2, 0.25) is 5.02 Å². The number of hydrogen-bond acceptors (Lipinski definition) is 3. The van der Waals surface area contributed by atoms with Crippen molar-refractivity contribution in [2.75, 3.05) is 26.2 Å². The summed E-state index contributed by atoms with van der Waals surface area (Å²) in [6, 6.07) is 3.16. The maximum Gasteiger partial charge on any atom is 0.244 e. The maximum absolute atomic E-state index is 12.7. The molecule has 0 radical (unpaired) electrons. The van der Waals surface area contributed by atoms with Gasteiger partial charge >= 0.3 is 0 Å². The van der Waals surface area contributed by atoms with Crippen LogP contribution in [0.3, 0.4) is 0 Å². The first-order valence-corrected chi connectivity index (χ1v) is 9.06. The van der Waals surface area contributed by atoms with Crippen molar-refractivity contribution in [1.29, 1.82) is 0 Å². The van der Waals surface area contributed by atoms with E-state index in [-0.39, 0.29) is 28.9 Å². The van der Waals surface area contributed by atoms with Gasteiger partial charge in [-0.3, -0.25) is 4.79 Å². The molecule has 1 aliphatic rings. The summed E-state index contributed by atoms with van der Waals surface area (Å²) in [5, 5.41) is 0.196. The molecule has 0 bridgehead atoms. The van der Waals surface area contributed by atoms with E-state index in [1.165, 1.54) is 11.2 Å². The van der Waals surface area contributed by atoms with Gasteiger partial charge in [0.1, 0.15) is 4.90 Å². The molecule has 0 N–H and O–H groups in total. The lowest BCUT2D eigenvalue weighted by molar-refractivity contribution is -0.129. The van der Waals surface area contributed by atoms with Crippen LogP contribution in [0.5, 0.6) is 0 Å². The average Bonchev–Trinajstić information content (AvgIpc) is 2.42. The Bertz CT molecular complexity index is 670. The number of halogens is 2. The van der Waals surface area contributed by atoms with E-state index >= 15 is 0 Å². The van der Waals surface area contributed by atoms with Crippen LogP contribution in [0, 0.1) is 6.92 Å². The molecule has 1 aromatic carbocycles. The molecule has 1 saturated heterocycles. The molecule has 1 fully saturated rings. The summed E-state index contributed by atoms with van der Waals surface area (Å²) in [6.07, 6.45) is 0. The zero-order valence-corrected chi connectivity index (χ0v) is 14.9. The zero-order chi connectivity index (χ0) is 15.8. The molecule has 2 rings (SSSR count). The van der Waals surface area contributed by atoms with Gasteiger partial charge in [-0.25, -0.2) is 8.42 Å². The molecule has 0 unspecified atom stereocenters.